The summed E-state index contributed by atoms with van der Waals surface area (Å²) in [5, 5.41) is 23.8. The fourth-order valence-corrected chi connectivity index (χ4v) is 8.45. The fourth-order valence-electron chi connectivity index (χ4n) is 8.45. The van der Waals surface area contributed by atoms with Crippen molar-refractivity contribution in [1.82, 2.24) is 9.80 Å². The highest BCUT2D eigenvalue weighted by Gasteiger charge is 2.74. The van der Waals surface area contributed by atoms with E-state index in [1.54, 1.807) is 41.7 Å². The Morgan fingerprint density at radius 3 is 2.80 bits per heavy atom. The number of phenolic OH excluding ortho intramolecular Hbond substituents is 1. The zero-order chi connectivity index (χ0) is 27.6. The summed E-state index contributed by atoms with van der Waals surface area (Å²) in [5.74, 6) is 0.451. The molecule has 7 rings (SSSR count). The smallest absolute Gasteiger partial charge is 0.246 e. The second-order valence-corrected chi connectivity index (χ2v) is 12.1. The minimum atomic E-state index is -1.04. The number of amides is 1. The van der Waals surface area contributed by atoms with Crippen molar-refractivity contribution in [2.24, 2.45) is 5.92 Å². The van der Waals surface area contributed by atoms with E-state index in [0.29, 0.717) is 25.0 Å². The second kappa shape index (κ2) is 9.25. The standard InChI is InChI=1S/C33H36N2O5/c1-21-19-33(38)26-18-24-9-10-25(36)30-28(24)32(33,14-16-35(26)15-12-22-6-4-3-5-7-22)31(40-30)29(21)34(2)27(37)11-8-23-13-17-39-20-23/h3-11,13,17,20-21,26,29,31,36,38H,12,14-16,18-19H2,1-2H3/b11-8+/t21-,26-,29-,31+,32+,33-/m1/s1. The van der Waals surface area contributed by atoms with E-state index in [1.807, 2.05) is 19.2 Å². The Bertz CT molecular complexity index is 1450. The van der Waals surface area contributed by atoms with Gasteiger partial charge in [-0.25, -0.2) is 0 Å². The van der Waals surface area contributed by atoms with E-state index in [9.17, 15) is 15.0 Å². The van der Waals surface area contributed by atoms with Crippen molar-refractivity contribution in [3.63, 3.8) is 0 Å². The Morgan fingerprint density at radius 1 is 1.20 bits per heavy atom. The first-order valence-corrected chi connectivity index (χ1v) is 14.3. The maximum atomic E-state index is 13.4. The average molecular weight is 541 g/mol. The Labute approximate surface area is 234 Å². The van der Waals surface area contributed by atoms with E-state index in [-0.39, 0.29) is 29.7 Å². The summed E-state index contributed by atoms with van der Waals surface area (Å²) in [5.41, 5.74) is 2.49. The summed E-state index contributed by atoms with van der Waals surface area (Å²) >= 11 is 0. The highest BCUT2D eigenvalue weighted by Crippen LogP contribution is 2.66. The summed E-state index contributed by atoms with van der Waals surface area (Å²) in [4.78, 5) is 17.7. The number of rotatable bonds is 6. The van der Waals surface area contributed by atoms with Gasteiger partial charge in [0.25, 0.3) is 0 Å². The minimum Gasteiger partial charge on any atom is -0.504 e. The molecule has 1 amide bonds. The van der Waals surface area contributed by atoms with Gasteiger partial charge < -0.3 is 24.3 Å². The number of carbonyl (C=O) groups is 1. The first-order valence-electron chi connectivity index (χ1n) is 14.3. The van der Waals surface area contributed by atoms with E-state index in [1.165, 1.54) is 5.56 Å². The molecule has 40 heavy (non-hydrogen) atoms. The number of likely N-dealkylation sites (tertiary alicyclic amines) is 1. The number of aliphatic hydroxyl groups is 1. The van der Waals surface area contributed by atoms with E-state index >= 15 is 0 Å². The van der Waals surface area contributed by atoms with Gasteiger partial charge in [0.15, 0.2) is 11.5 Å². The third-order valence-corrected chi connectivity index (χ3v) is 10.2. The maximum Gasteiger partial charge on any atom is 0.246 e. The number of likely N-dealkylation sites (N-methyl/N-ethyl adjacent to an activating group) is 1. The lowest BCUT2D eigenvalue weighted by atomic mass is 9.46. The number of carbonyl (C=O) groups excluding carboxylic acids is 1. The molecular formula is C33H36N2O5. The largest absolute Gasteiger partial charge is 0.504 e. The van der Waals surface area contributed by atoms with Gasteiger partial charge in [0, 0.05) is 36.8 Å². The van der Waals surface area contributed by atoms with Crippen LogP contribution in [0, 0.1) is 5.92 Å². The number of benzene rings is 2. The van der Waals surface area contributed by atoms with E-state index < -0.39 is 17.1 Å². The Balaban J connectivity index is 1.26. The van der Waals surface area contributed by atoms with Gasteiger partial charge in [-0.3, -0.25) is 9.69 Å². The molecule has 3 aromatic rings. The van der Waals surface area contributed by atoms with Gasteiger partial charge in [-0.05, 0) is 67.5 Å². The van der Waals surface area contributed by atoms with Crippen molar-refractivity contribution in [2.75, 3.05) is 20.1 Å². The monoisotopic (exact) mass is 540 g/mol. The van der Waals surface area contributed by atoms with Gasteiger partial charge >= 0.3 is 0 Å². The van der Waals surface area contributed by atoms with Gasteiger partial charge in [-0.1, -0.05) is 43.3 Å². The molecule has 2 aliphatic carbocycles. The molecule has 4 aliphatic rings. The molecule has 6 atom stereocenters. The molecule has 208 valence electrons. The number of hydrogen-bond donors (Lipinski definition) is 2. The van der Waals surface area contributed by atoms with Crippen molar-refractivity contribution in [3.05, 3.63) is 89.4 Å². The average Bonchev–Trinajstić information content (AvgIpc) is 3.58. The maximum absolute atomic E-state index is 13.4. The molecule has 2 N–H and O–H groups in total. The molecule has 1 spiro atoms. The molecule has 2 aliphatic heterocycles. The van der Waals surface area contributed by atoms with Crippen molar-refractivity contribution in [1.29, 1.82) is 0 Å². The van der Waals surface area contributed by atoms with Crippen LogP contribution in [0.3, 0.4) is 0 Å². The van der Waals surface area contributed by atoms with Crippen LogP contribution in [-0.2, 0) is 23.1 Å². The highest BCUT2D eigenvalue weighted by atomic mass is 16.5. The van der Waals surface area contributed by atoms with E-state index in [0.717, 1.165) is 36.2 Å². The summed E-state index contributed by atoms with van der Waals surface area (Å²) in [6, 6.07) is 15.7. The van der Waals surface area contributed by atoms with Crippen molar-refractivity contribution < 1.29 is 24.2 Å². The molecule has 0 unspecified atom stereocenters. The van der Waals surface area contributed by atoms with Crippen LogP contribution in [0.4, 0.5) is 0 Å². The van der Waals surface area contributed by atoms with Crippen LogP contribution in [-0.4, -0.2) is 69.8 Å². The van der Waals surface area contributed by atoms with Gasteiger partial charge in [0.1, 0.15) is 6.10 Å². The zero-order valence-corrected chi connectivity index (χ0v) is 23.0. The number of furan rings is 1. The fraction of sp³-hybridized carbons (Fsp3) is 0.424. The summed E-state index contributed by atoms with van der Waals surface area (Å²) in [6.45, 7) is 3.81. The van der Waals surface area contributed by atoms with E-state index in [2.05, 4.69) is 36.1 Å². The lowest BCUT2D eigenvalue weighted by Crippen LogP contribution is -2.79. The molecule has 2 aromatic carbocycles. The highest BCUT2D eigenvalue weighted by molar-refractivity contribution is 5.92. The summed E-state index contributed by atoms with van der Waals surface area (Å²) in [6.07, 6.45) is 8.94. The van der Waals surface area contributed by atoms with Crippen LogP contribution >= 0.6 is 0 Å². The molecule has 0 radical (unpaired) electrons. The topological polar surface area (TPSA) is 86.4 Å². The van der Waals surface area contributed by atoms with Crippen LogP contribution in [0.1, 0.15) is 42.0 Å². The minimum absolute atomic E-state index is 0.0195. The Morgan fingerprint density at radius 2 is 2.02 bits per heavy atom. The predicted molar refractivity (Wildman–Crippen MR) is 151 cm³/mol. The normalized spacial score (nSPS) is 32.1. The van der Waals surface area contributed by atoms with Gasteiger partial charge in [0.2, 0.25) is 5.91 Å². The lowest BCUT2D eigenvalue weighted by Gasteiger charge is -2.66. The summed E-state index contributed by atoms with van der Waals surface area (Å²) in [7, 11) is 1.83. The van der Waals surface area contributed by atoms with Crippen molar-refractivity contribution >= 4 is 12.0 Å². The quantitative estimate of drug-likeness (QED) is 0.457. The zero-order valence-electron chi connectivity index (χ0n) is 23.0. The van der Waals surface area contributed by atoms with Crippen LogP contribution in [0.15, 0.2) is 71.6 Å². The molecular weight excluding hydrogens is 504 g/mol. The van der Waals surface area contributed by atoms with Gasteiger partial charge in [-0.15, -0.1) is 0 Å². The molecule has 2 bridgehead atoms. The van der Waals surface area contributed by atoms with Gasteiger partial charge in [-0.2, -0.15) is 0 Å². The molecule has 1 aromatic heterocycles. The first kappa shape index (κ1) is 25.4. The molecule has 2 fully saturated rings. The number of nitrogens with zero attached hydrogens (tertiary/aromatic N) is 2. The van der Waals surface area contributed by atoms with Crippen LogP contribution in [0.25, 0.3) is 6.08 Å². The molecule has 1 saturated heterocycles. The Kier molecular flexibility index (Phi) is 5.88. The number of phenols is 1. The lowest BCUT2D eigenvalue weighted by molar-refractivity contribution is -0.211. The third-order valence-electron chi connectivity index (χ3n) is 10.2. The first-order chi connectivity index (χ1) is 19.3. The molecule has 7 nitrogen and oxygen atoms in total. The predicted octanol–water partition coefficient (Wildman–Crippen LogP) is 4.17. The third kappa shape index (κ3) is 3.53. The van der Waals surface area contributed by atoms with Crippen LogP contribution in [0.2, 0.25) is 0 Å². The second-order valence-electron chi connectivity index (χ2n) is 12.1. The SMILES string of the molecule is C[C@@H]1C[C@@]2(O)[C@H]3Cc4ccc(O)c5c4[C@@]2(CCN3CCc2ccccc2)[C@@H](O5)[C@@H]1N(C)C(=O)/C=C/c1ccoc1. The van der Waals surface area contributed by atoms with Crippen LogP contribution < -0.4 is 4.74 Å². The van der Waals surface area contributed by atoms with E-state index in [4.69, 9.17) is 9.15 Å². The van der Waals surface area contributed by atoms with Crippen molar-refractivity contribution in [2.45, 2.75) is 61.8 Å². The number of ether oxygens (including phenoxy) is 1. The molecule has 3 heterocycles. The molecule has 1 saturated carbocycles. The Hall–Kier alpha value is -3.55. The molecule has 7 heteroatoms. The summed E-state index contributed by atoms with van der Waals surface area (Å²) < 4.78 is 11.8. The van der Waals surface area contributed by atoms with Gasteiger partial charge in [0.05, 0.1) is 29.6 Å². The van der Waals surface area contributed by atoms with Crippen LogP contribution in [0.5, 0.6) is 11.5 Å². The number of piperidine rings is 1. The van der Waals surface area contributed by atoms with Crippen molar-refractivity contribution in [3.8, 4) is 11.5 Å². The number of hydrogen-bond acceptors (Lipinski definition) is 6. The number of aromatic hydroxyl groups is 1.